The Kier molecular flexibility index (Phi) is 3.97. The molecule has 1 unspecified atom stereocenters. The molecule has 90 valence electrons. The van der Waals surface area contributed by atoms with E-state index in [4.69, 9.17) is 5.11 Å². The van der Waals surface area contributed by atoms with E-state index < -0.39 is 30.4 Å². The summed E-state index contributed by atoms with van der Waals surface area (Å²) >= 11 is 0. The number of carbonyl (C=O) groups is 1. The fourth-order valence-electron chi connectivity index (χ4n) is 0.612. The zero-order valence-corrected chi connectivity index (χ0v) is 7.28. The van der Waals surface area contributed by atoms with Crippen LogP contribution in [0.5, 0.6) is 0 Å². The summed E-state index contributed by atoms with van der Waals surface area (Å²) in [5, 5.41) is 9.11. The van der Waals surface area contributed by atoms with Gasteiger partial charge in [0, 0.05) is 0 Å². The molecule has 0 radical (unpaired) electrons. The van der Waals surface area contributed by atoms with Crippen LogP contribution in [0.4, 0.5) is 26.3 Å². The quantitative estimate of drug-likeness (QED) is 0.705. The summed E-state index contributed by atoms with van der Waals surface area (Å²) in [6.45, 7) is 0.749. The zero-order chi connectivity index (χ0) is 12.4. The van der Waals surface area contributed by atoms with Crippen molar-refractivity contribution in [2.75, 3.05) is 0 Å². The normalized spacial score (nSPS) is 15.3. The van der Waals surface area contributed by atoms with Crippen molar-refractivity contribution in [3.05, 3.63) is 0 Å². The van der Waals surface area contributed by atoms with Crippen LogP contribution in [0.15, 0.2) is 0 Å². The van der Waals surface area contributed by atoms with Crippen molar-refractivity contribution in [1.29, 1.82) is 0 Å². The molecule has 0 rings (SSSR count). The van der Waals surface area contributed by atoms with Gasteiger partial charge in [0.2, 0.25) is 11.9 Å². The van der Waals surface area contributed by atoms with Gasteiger partial charge < -0.3 is 10.4 Å². The van der Waals surface area contributed by atoms with Gasteiger partial charge in [0.1, 0.15) is 6.10 Å². The van der Waals surface area contributed by atoms with Crippen LogP contribution in [-0.2, 0) is 4.79 Å². The van der Waals surface area contributed by atoms with Gasteiger partial charge in [-0.15, -0.1) is 0 Å². The Morgan fingerprint density at radius 3 is 1.67 bits per heavy atom. The molecule has 0 spiro atoms. The first-order valence-electron chi connectivity index (χ1n) is 3.58. The van der Waals surface area contributed by atoms with Crippen LogP contribution in [-0.4, -0.2) is 35.5 Å². The van der Waals surface area contributed by atoms with Crippen molar-refractivity contribution in [2.45, 2.75) is 31.4 Å². The van der Waals surface area contributed by atoms with Crippen LogP contribution in [0.3, 0.4) is 0 Å². The van der Waals surface area contributed by atoms with Gasteiger partial charge in [0.05, 0.1) is 0 Å². The van der Waals surface area contributed by atoms with Gasteiger partial charge in [-0.3, -0.25) is 4.79 Å². The second kappa shape index (κ2) is 4.25. The summed E-state index contributed by atoms with van der Waals surface area (Å²) in [6, 6.07) is -3.97. The average molecular weight is 239 g/mol. The Balaban J connectivity index is 4.77. The van der Waals surface area contributed by atoms with Crippen molar-refractivity contribution in [2.24, 2.45) is 0 Å². The molecule has 0 fully saturated rings. The summed E-state index contributed by atoms with van der Waals surface area (Å²) in [6.07, 6.45) is -13.2. The highest BCUT2D eigenvalue weighted by Crippen LogP contribution is 2.33. The highest BCUT2D eigenvalue weighted by molar-refractivity contribution is 5.80. The van der Waals surface area contributed by atoms with Gasteiger partial charge in [-0.25, -0.2) is 0 Å². The summed E-state index contributed by atoms with van der Waals surface area (Å²) in [5.41, 5.74) is 0. The summed E-state index contributed by atoms with van der Waals surface area (Å²) < 4.78 is 70.9. The number of nitrogens with one attached hydrogen (secondary N) is 1. The molecule has 0 aromatic heterocycles. The van der Waals surface area contributed by atoms with Crippen LogP contribution in [0.25, 0.3) is 0 Å². The molecule has 0 bridgehead atoms. The molecule has 15 heavy (non-hydrogen) atoms. The van der Waals surface area contributed by atoms with E-state index in [1.54, 1.807) is 0 Å². The fraction of sp³-hybridized carbons (Fsp3) is 0.833. The maximum Gasteiger partial charge on any atom is 0.417 e. The van der Waals surface area contributed by atoms with Crippen molar-refractivity contribution in [3.8, 4) is 0 Å². The number of aliphatic hydroxyl groups excluding tert-OH is 1. The maximum atomic E-state index is 11.8. The third-order valence-corrected chi connectivity index (χ3v) is 1.32. The zero-order valence-electron chi connectivity index (χ0n) is 7.28. The number of aliphatic hydroxyl groups is 1. The molecule has 0 aromatic rings. The van der Waals surface area contributed by atoms with Gasteiger partial charge >= 0.3 is 12.4 Å². The Morgan fingerprint density at radius 2 is 1.47 bits per heavy atom. The molecule has 0 heterocycles. The van der Waals surface area contributed by atoms with Crippen molar-refractivity contribution in [3.63, 3.8) is 0 Å². The van der Waals surface area contributed by atoms with E-state index in [0.29, 0.717) is 5.32 Å². The topological polar surface area (TPSA) is 49.3 Å². The Hall–Kier alpha value is -0.990. The summed E-state index contributed by atoms with van der Waals surface area (Å²) in [7, 11) is 0. The standard InChI is InChI=1S/C6H7F6NO2/c1-2(14)3(15)13-4(5(7,8)9)6(10,11)12/h2,4,14H,1H3,(H,13,15). The molecular formula is C6H7F6NO2. The van der Waals surface area contributed by atoms with Gasteiger partial charge in [-0.05, 0) is 6.92 Å². The maximum absolute atomic E-state index is 11.8. The van der Waals surface area contributed by atoms with Crippen molar-refractivity contribution < 1.29 is 36.2 Å². The second-order valence-electron chi connectivity index (χ2n) is 2.70. The summed E-state index contributed by atoms with van der Waals surface area (Å²) in [4.78, 5) is 10.5. The molecule has 0 aliphatic rings. The molecule has 0 aliphatic heterocycles. The van der Waals surface area contributed by atoms with Gasteiger partial charge in [0.15, 0.2) is 0 Å². The van der Waals surface area contributed by atoms with E-state index in [2.05, 4.69) is 0 Å². The number of halogens is 6. The van der Waals surface area contributed by atoms with Crippen LogP contribution >= 0.6 is 0 Å². The molecule has 0 aliphatic carbocycles. The average Bonchev–Trinajstić information content (AvgIpc) is 1.94. The number of amides is 1. The number of carbonyl (C=O) groups excluding carboxylic acids is 1. The fourth-order valence-corrected chi connectivity index (χ4v) is 0.612. The van der Waals surface area contributed by atoms with E-state index in [-0.39, 0.29) is 0 Å². The predicted molar refractivity (Wildman–Crippen MR) is 35.7 cm³/mol. The highest BCUT2D eigenvalue weighted by atomic mass is 19.4. The molecule has 9 heteroatoms. The molecule has 2 N–H and O–H groups in total. The minimum atomic E-state index is -5.65. The molecule has 0 aromatic carbocycles. The highest BCUT2D eigenvalue weighted by Gasteiger charge is 2.57. The molecule has 1 amide bonds. The minimum Gasteiger partial charge on any atom is -0.384 e. The Morgan fingerprint density at radius 1 is 1.13 bits per heavy atom. The third-order valence-electron chi connectivity index (χ3n) is 1.32. The minimum absolute atomic E-state index is 0.657. The number of hydrogen-bond donors (Lipinski definition) is 2. The van der Waals surface area contributed by atoms with Crippen molar-refractivity contribution >= 4 is 5.91 Å². The molecular weight excluding hydrogens is 232 g/mol. The van der Waals surface area contributed by atoms with Crippen LogP contribution in [0, 0.1) is 0 Å². The second-order valence-corrected chi connectivity index (χ2v) is 2.70. The first kappa shape index (κ1) is 14.0. The molecule has 0 saturated carbocycles. The predicted octanol–water partition coefficient (Wildman–Crippen LogP) is 0.977. The number of alkyl halides is 6. The Bertz CT molecular complexity index is 219. The lowest BCUT2D eigenvalue weighted by Gasteiger charge is -2.24. The lowest BCUT2D eigenvalue weighted by atomic mass is 10.2. The van der Waals surface area contributed by atoms with E-state index in [1.165, 1.54) is 0 Å². The van der Waals surface area contributed by atoms with Crippen molar-refractivity contribution in [1.82, 2.24) is 5.32 Å². The van der Waals surface area contributed by atoms with E-state index in [1.807, 2.05) is 0 Å². The van der Waals surface area contributed by atoms with Crippen LogP contribution < -0.4 is 5.32 Å². The smallest absolute Gasteiger partial charge is 0.384 e. The van der Waals surface area contributed by atoms with E-state index in [9.17, 15) is 31.1 Å². The van der Waals surface area contributed by atoms with Gasteiger partial charge in [-0.2, -0.15) is 26.3 Å². The van der Waals surface area contributed by atoms with E-state index in [0.717, 1.165) is 6.92 Å². The van der Waals surface area contributed by atoms with Crippen LogP contribution in [0.2, 0.25) is 0 Å². The number of hydrogen-bond acceptors (Lipinski definition) is 2. The first-order valence-corrected chi connectivity index (χ1v) is 3.58. The first-order chi connectivity index (χ1) is 6.46. The van der Waals surface area contributed by atoms with Crippen LogP contribution in [0.1, 0.15) is 6.92 Å². The Labute approximate surface area is 80.1 Å². The lowest BCUT2D eigenvalue weighted by Crippen LogP contribution is -2.56. The third kappa shape index (κ3) is 4.36. The van der Waals surface area contributed by atoms with Gasteiger partial charge in [0.25, 0.3) is 0 Å². The molecule has 1 atom stereocenters. The van der Waals surface area contributed by atoms with E-state index >= 15 is 0 Å². The largest absolute Gasteiger partial charge is 0.417 e. The molecule has 0 saturated heterocycles. The summed E-state index contributed by atoms with van der Waals surface area (Å²) in [5.74, 6) is -1.74. The SMILES string of the molecule is CC(O)C(=O)NC(C(F)(F)F)C(F)(F)F. The molecule has 3 nitrogen and oxygen atoms in total. The number of rotatable bonds is 2. The lowest BCUT2D eigenvalue weighted by molar-refractivity contribution is -0.258. The van der Waals surface area contributed by atoms with Gasteiger partial charge in [-0.1, -0.05) is 0 Å². The monoisotopic (exact) mass is 239 g/mol.